The molecule has 3 nitrogen and oxygen atoms in total. The molecule has 20 heavy (non-hydrogen) atoms. The Morgan fingerprint density at radius 1 is 1.40 bits per heavy atom. The zero-order valence-corrected chi connectivity index (χ0v) is 12.2. The number of fused-ring (bicyclic) bond motifs is 1. The SMILES string of the molecule is O=C(O)C(Cc1cc(Cl)cc2c1OCC2)C1CCCC1. The van der Waals surface area contributed by atoms with Crippen LogP contribution in [0.5, 0.6) is 5.75 Å². The molecule has 0 aromatic heterocycles. The van der Waals surface area contributed by atoms with Gasteiger partial charge in [0, 0.05) is 11.4 Å². The average Bonchev–Trinajstić information content (AvgIpc) is 3.05. The van der Waals surface area contributed by atoms with Crippen LogP contribution in [0.4, 0.5) is 0 Å². The maximum atomic E-state index is 11.6. The molecule has 1 aromatic rings. The zero-order chi connectivity index (χ0) is 14.1. The second-order valence-corrected chi connectivity index (χ2v) is 6.28. The van der Waals surface area contributed by atoms with Crippen LogP contribution in [-0.2, 0) is 17.6 Å². The van der Waals surface area contributed by atoms with Gasteiger partial charge in [-0.25, -0.2) is 0 Å². The molecule has 0 spiro atoms. The van der Waals surface area contributed by atoms with E-state index in [1.54, 1.807) is 0 Å². The summed E-state index contributed by atoms with van der Waals surface area (Å²) in [5.41, 5.74) is 2.08. The van der Waals surface area contributed by atoms with Crippen molar-refractivity contribution in [3.05, 3.63) is 28.3 Å². The van der Waals surface area contributed by atoms with Crippen LogP contribution in [0.25, 0.3) is 0 Å². The van der Waals surface area contributed by atoms with Gasteiger partial charge in [0.05, 0.1) is 12.5 Å². The monoisotopic (exact) mass is 294 g/mol. The fourth-order valence-electron chi connectivity index (χ4n) is 3.55. The number of aliphatic carboxylic acids is 1. The fraction of sp³-hybridized carbons (Fsp3) is 0.562. The summed E-state index contributed by atoms with van der Waals surface area (Å²) < 4.78 is 5.68. The van der Waals surface area contributed by atoms with Gasteiger partial charge in [-0.2, -0.15) is 0 Å². The van der Waals surface area contributed by atoms with E-state index in [-0.39, 0.29) is 5.92 Å². The molecule has 0 bridgehead atoms. The van der Waals surface area contributed by atoms with Crippen molar-refractivity contribution in [3.63, 3.8) is 0 Å². The van der Waals surface area contributed by atoms with Crippen LogP contribution in [-0.4, -0.2) is 17.7 Å². The van der Waals surface area contributed by atoms with Crippen LogP contribution in [0.3, 0.4) is 0 Å². The van der Waals surface area contributed by atoms with Crippen molar-refractivity contribution in [3.8, 4) is 5.75 Å². The van der Waals surface area contributed by atoms with E-state index in [1.807, 2.05) is 12.1 Å². The predicted octanol–water partition coefficient (Wildman–Crippen LogP) is 3.71. The molecule has 1 aliphatic heterocycles. The van der Waals surface area contributed by atoms with Crippen molar-refractivity contribution in [2.45, 2.75) is 38.5 Å². The normalized spacial score (nSPS) is 19.6. The molecule has 108 valence electrons. The summed E-state index contributed by atoms with van der Waals surface area (Å²) >= 11 is 6.15. The predicted molar refractivity (Wildman–Crippen MR) is 77.4 cm³/mol. The van der Waals surface area contributed by atoms with E-state index >= 15 is 0 Å². The van der Waals surface area contributed by atoms with Crippen molar-refractivity contribution in [1.82, 2.24) is 0 Å². The van der Waals surface area contributed by atoms with Crippen molar-refractivity contribution < 1.29 is 14.6 Å². The van der Waals surface area contributed by atoms with Crippen molar-refractivity contribution in [2.24, 2.45) is 11.8 Å². The summed E-state index contributed by atoms with van der Waals surface area (Å²) in [7, 11) is 0. The van der Waals surface area contributed by atoms with E-state index < -0.39 is 5.97 Å². The number of ether oxygens (including phenoxy) is 1. The number of carbonyl (C=O) groups is 1. The van der Waals surface area contributed by atoms with Gasteiger partial charge in [0.15, 0.2) is 0 Å². The molecule has 1 heterocycles. The number of hydrogen-bond donors (Lipinski definition) is 1. The summed E-state index contributed by atoms with van der Waals surface area (Å²) in [6.45, 7) is 0.670. The Labute approximate surface area is 123 Å². The molecule has 3 rings (SSSR count). The molecule has 1 N–H and O–H groups in total. The van der Waals surface area contributed by atoms with Crippen LogP contribution in [0.2, 0.25) is 5.02 Å². The molecule has 0 radical (unpaired) electrons. The molecule has 1 saturated carbocycles. The molecule has 1 fully saturated rings. The van der Waals surface area contributed by atoms with Crippen LogP contribution >= 0.6 is 11.6 Å². The fourth-order valence-corrected chi connectivity index (χ4v) is 3.81. The summed E-state index contributed by atoms with van der Waals surface area (Å²) in [6, 6.07) is 3.80. The first kappa shape index (κ1) is 13.7. The zero-order valence-electron chi connectivity index (χ0n) is 11.4. The van der Waals surface area contributed by atoms with E-state index in [0.29, 0.717) is 24.0 Å². The first-order valence-electron chi connectivity index (χ1n) is 7.32. The quantitative estimate of drug-likeness (QED) is 0.921. The second-order valence-electron chi connectivity index (χ2n) is 5.85. The van der Waals surface area contributed by atoms with Crippen LogP contribution < -0.4 is 4.74 Å². The molecule has 1 unspecified atom stereocenters. The van der Waals surface area contributed by atoms with Gasteiger partial charge in [-0.3, -0.25) is 4.79 Å². The largest absolute Gasteiger partial charge is 0.493 e. The Bertz CT molecular complexity index is 521. The summed E-state index contributed by atoms with van der Waals surface area (Å²) in [5, 5.41) is 10.2. The Kier molecular flexibility index (Phi) is 3.88. The lowest BCUT2D eigenvalue weighted by Gasteiger charge is -2.20. The number of carboxylic acids is 1. The van der Waals surface area contributed by atoms with Gasteiger partial charge < -0.3 is 9.84 Å². The molecular formula is C16H19ClO3. The minimum absolute atomic E-state index is 0.295. The van der Waals surface area contributed by atoms with Crippen molar-refractivity contribution >= 4 is 17.6 Å². The first-order chi connectivity index (χ1) is 9.65. The second kappa shape index (κ2) is 5.65. The van der Waals surface area contributed by atoms with E-state index in [9.17, 15) is 9.90 Å². The van der Waals surface area contributed by atoms with E-state index in [4.69, 9.17) is 16.3 Å². The number of rotatable bonds is 4. The average molecular weight is 295 g/mol. The van der Waals surface area contributed by atoms with Gasteiger partial charge in [-0.15, -0.1) is 0 Å². The third-order valence-corrected chi connectivity index (χ3v) is 4.77. The van der Waals surface area contributed by atoms with Gasteiger partial charge in [0.1, 0.15) is 5.75 Å². The summed E-state index contributed by atoms with van der Waals surface area (Å²) in [5.74, 6) is 0.162. The molecule has 2 aliphatic rings. The van der Waals surface area contributed by atoms with Crippen LogP contribution in [0.15, 0.2) is 12.1 Å². The summed E-state index contributed by atoms with van der Waals surface area (Å²) in [4.78, 5) is 11.6. The highest BCUT2D eigenvalue weighted by Gasteiger charge is 2.32. The highest BCUT2D eigenvalue weighted by Crippen LogP contribution is 2.38. The highest BCUT2D eigenvalue weighted by molar-refractivity contribution is 6.30. The van der Waals surface area contributed by atoms with Gasteiger partial charge in [0.25, 0.3) is 0 Å². The maximum Gasteiger partial charge on any atom is 0.307 e. The number of benzene rings is 1. The molecule has 4 heteroatoms. The molecule has 1 aliphatic carbocycles. The smallest absolute Gasteiger partial charge is 0.307 e. The lowest BCUT2D eigenvalue weighted by molar-refractivity contribution is -0.143. The Morgan fingerprint density at radius 2 is 2.15 bits per heavy atom. The molecular weight excluding hydrogens is 276 g/mol. The van der Waals surface area contributed by atoms with Crippen molar-refractivity contribution in [1.29, 1.82) is 0 Å². The van der Waals surface area contributed by atoms with Gasteiger partial charge in [-0.05, 0) is 48.4 Å². The highest BCUT2D eigenvalue weighted by atomic mass is 35.5. The first-order valence-corrected chi connectivity index (χ1v) is 7.70. The Hall–Kier alpha value is -1.22. The van der Waals surface area contributed by atoms with Crippen molar-refractivity contribution in [2.75, 3.05) is 6.61 Å². The molecule has 1 aromatic carbocycles. The van der Waals surface area contributed by atoms with Gasteiger partial charge >= 0.3 is 5.97 Å². The van der Waals surface area contributed by atoms with Crippen LogP contribution in [0.1, 0.15) is 36.8 Å². The lowest BCUT2D eigenvalue weighted by Crippen LogP contribution is -2.24. The lowest BCUT2D eigenvalue weighted by atomic mass is 9.85. The minimum Gasteiger partial charge on any atom is -0.493 e. The Morgan fingerprint density at radius 3 is 2.85 bits per heavy atom. The van der Waals surface area contributed by atoms with E-state index in [1.165, 1.54) is 0 Å². The number of hydrogen-bond acceptors (Lipinski definition) is 2. The standard InChI is InChI=1S/C16H19ClO3/c17-13-7-11-5-6-20-15(11)12(8-13)9-14(16(18)19)10-3-1-2-4-10/h7-8,10,14H,1-6,9H2,(H,18,19). The third-order valence-electron chi connectivity index (χ3n) is 4.55. The molecule has 1 atom stereocenters. The van der Waals surface area contributed by atoms with E-state index in [2.05, 4.69) is 0 Å². The molecule has 0 saturated heterocycles. The summed E-state index contributed by atoms with van der Waals surface area (Å²) in [6.07, 6.45) is 5.76. The molecule has 0 amide bonds. The number of halogens is 1. The Balaban J connectivity index is 1.87. The third kappa shape index (κ3) is 2.64. The minimum atomic E-state index is -0.691. The topological polar surface area (TPSA) is 46.5 Å². The van der Waals surface area contributed by atoms with Gasteiger partial charge in [-0.1, -0.05) is 24.4 Å². The van der Waals surface area contributed by atoms with Gasteiger partial charge in [0.2, 0.25) is 0 Å². The van der Waals surface area contributed by atoms with Crippen LogP contribution in [0, 0.1) is 11.8 Å². The number of carboxylic acid groups (broad SMARTS) is 1. The van der Waals surface area contributed by atoms with E-state index in [0.717, 1.165) is 49.0 Å². The maximum absolute atomic E-state index is 11.6.